The lowest BCUT2D eigenvalue weighted by Crippen LogP contribution is -2.33. The molecular formula is C20H26N4O. The van der Waals surface area contributed by atoms with Gasteiger partial charge in [-0.1, -0.05) is 26.7 Å². The van der Waals surface area contributed by atoms with Crippen molar-refractivity contribution in [2.24, 2.45) is 0 Å². The molecule has 25 heavy (non-hydrogen) atoms. The van der Waals surface area contributed by atoms with E-state index in [9.17, 15) is 4.79 Å². The molecule has 3 heterocycles. The minimum Gasteiger partial charge on any atom is -0.335 e. The van der Waals surface area contributed by atoms with Crippen LogP contribution in [0.25, 0.3) is 0 Å². The minimum atomic E-state index is 0.0722. The third-order valence-electron chi connectivity index (χ3n) is 4.59. The lowest BCUT2D eigenvalue weighted by Gasteiger charge is -2.39. The van der Waals surface area contributed by atoms with Crippen LogP contribution in [-0.2, 0) is 0 Å². The van der Waals surface area contributed by atoms with Crippen LogP contribution in [0.1, 0.15) is 56.8 Å². The highest BCUT2D eigenvalue weighted by atomic mass is 16.1. The summed E-state index contributed by atoms with van der Waals surface area (Å²) in [7, 11) is 0. The van der Waals surface area contributed by atoms with Crippen molar-refractivity contribution in [2.45, 2.75) is 46.5 Å². The second-order valence-corrected chi connectivity index (χ2v) is 6.44. The molecule has 0 atom stereocenters. The van der Waals surface area contributed by atoms with Crippen LogP contribution in [0.15, 0.2) is 30.6 Å². The largest absolute Gasteiger partial charge is 0.335 e. The van der Waals surface area contributed by atoms with E-state index in [1.807, 2.05) is 18.3 Å². The molecule has 2 aromatic heterocycles. The molecule has 0 N–H and O–H groups in total. The molecule has 0 spiro atoms. The molecule has 0 saturated heterocycles. The summed E-state index contributed by atoms with van der Waals surface area (Å²) in [5.74, 6) is 1.86. The molecule has 0 radical (unpaired) electrons. The topological polar surface area (TPSA) is 49.3 Å². The van der Waals surface area contributed by atoms with Gasteiger partial charge in [0.05, 0.1) is 11.4 Å². The van der Waals surface area contributed by atoms with Crippen molar-refractivity contribution in [3.63, 3.8) is 0 Å². The number of anilines is 4. The number of pyridine rings is 2. The van der Waals surface area contributed by atoms with Gasteiger partial charge < -0.3 is 9.80 Å². The number of nitrogens with zero attached hydrogens (tertiary/aromatic N) is 4. The van der Waals surface area contributed by atoms with Gasteiger partial charge in [0.2, 0.25) is 0 Å². The fourth-order valence-corrected chi connectivity index (χ4v) is 3.30. The normalized spacial score (nSPS) is 12.8. The van der Waals surface area contributed by atoms with E-state index in [2.05, 4.69) is 39.7 Å². The Morgan fingerprint density at radius 1 is 0.960 bits per heavy atom. The Morgan fingerprint density at radius 3 is 2.32 bits per heavy atom. The third-order valence-corrected chi connectivity index (χ3v) is 4.59. The molecule has 1 aliphatic heterocycles. The van der Waals surface area contributed by atoms with Crippen LogP contribution in [0.3, 0.4) is 0 Å². The minimum absolute atomic E-state index is 0.0722. The predicted octanol–water partition coefficient (Wildman–Crippen LogP) is 4.87. The number of hydrogen-bond donors (Lipinski definition) is 0. The van der Waals surface area contributed by atoms with E-state index in [1.165, 1.54) is 0 Å². The molecule has 0 amide bonds. The van der Waals surface area contributed by atoms with Crippen molar-refractivity contribution in [1.82, 2.24) is 9.97 Å². The molecule has 0 saturated carbocycles. The van der Waals surface area contributed by atoms with Crippen LogP contribution < -0.4 is 9.80 Å². The average Bonchev–Trinajstić information content (AvgIpc) is 2.63. The summed E-state index contributed by atoms with van der Waals surface area (Å²) in [6.07, 6.45) is 7.86. The molecule has 0 aliphatic carbocycles. The van der Waals surface area contributed by atoms with E-state index in [0.717, 1.165) is 67.3 Å². The monoisotopic (exact) mass is 338 g/mol. The average molecular weight is 338 g/mol. The van der Waals surface area contributed by atoms with Crippen LogP contribution in [0.4, 0.5) is 23.0 Å². The number of Topliss-reactive ketones (excluding diaryl/α,β-unsaturated/α-hetero) is 1. The summed E-state index contributed by atoms with van der Waals surface area (Å²) in [6, 6.07) is 5.89. The highest BCUT2D eigenvalue weighted by Crippen LogP contribution is 2.47. The number of ketones is 1. The van der Waals surface area contributed by atoms with Gasteiger partial charge in [0.15, 0.2) is 17.4 Å². The molecule has 0 aromatic carbocycles. The van der Waals surface area contributed by atoms with Crippen molar-refractivity contribution in [1.29, 1.82) is 0 Å². The fraction of sp³-hybridized carbons (Fsp3) is 0.450. The van der Waals surface area contributed by atoms with Crippen molar-refractivity contribution in [3.05, 3.63) is 36.2 Å². The number of aromatic nitrogens is 2. The van der Waals surface area contributed by atoms with Crippen LogP contribution in [-0.4, -0.2) is 28.8 Å². The fourth-order valence-electron chi connectivity index (χ4n) is 3.30. The van der Waals surface area contributed by atoms with Crippen molar-refractivity contribution < 1.29 is 4.79 Å². The van der Waals surface area contributed by atoms with E-state index in [4.69, 9.17) is 0 Å². The number of hydrogen-bond acceptors (Lipinski definition) is 5. The van der Waals surface area contributed by atoms with Crippen molar-refractivity contribution in [2.75, 3.05) is 22.9 Å². The van der Waals surface area contributed by atoms with Gasteiger partial charge in [0.25, 0.3) is 0 Å². The Kier molecular flexibility index (Phi) is 5.31. The molecule has 0 unspecified atom stereocenters. The molecule has 3 rings (SSSR count). The van der Waals surface area contributed by atoms with Gasteiger partial charge in [-0.3, -0.25) is 4.79 Å². The number of carbonyl (C=O) groups excluding carboxylic acids is 1. The number of fused-ring (bicyclic) bond motifs is 2. The second-order valence-electron chi connectivity index (χ2n) is 6.44. The quantitative estimate of drug-likeness (QED) is 0.674. The summed E-state index contributed by atoms with van der Waals surface area (Å²) in [5, 5.41) is 0. The Hall–Kier alpha value is -2.43. The van der Waals surface area contributed by atoms with Crippen LogP contribution in [0.2, 0.25) is 0 Å². The van der Waals surface area contributed by atoms with Gasteiger partial charge in [-0.15, -0.1) is 0 Å². The molecule has 0 fully saturated rings. The lowest BCUT2D eigenvalue weighted by atomic mass is 10.1. The molecule has 132 valence electrons. The van der Waals surface area contributed by atoms with Crippen LogP contribution in [0.5, 0.6) is 0 Å². The van der Waals surface area contributed by atoms with Crippen LogP contribution >= 0.6 is 0 Å². The summed E-state index contributed by atoms with van der Waals surface area (Å²) < 4.78 is 0. The van der Waals surface area contributed by atoms with Gasteiger partial charge in [-0.2, -0.15) is 0 Å². The Morgan fingerprint density at radius 2 is 1.64 bits per heavy atom. The smallest absolute Gasteiger partial charge is 0.162 e. The van der Waals surface area contributed by atoms with Crippen molar-refractivity contribution >= 4 is 28.8 Å². The summed E-state index contributed by atoms with van der Waals surface area (Å²) in [5.41, 5.74) is 2.73. The van der Waals surface area contributed by atoms with E-state index >= 15 is 0 Å². The summed E-state index contributed by atoms with van der Waals surface area (Å²) in [4.78, 5) is 26.0. The Labute approximate surface area is 149 Å². The van der Waals surface area contributed by atoms with Gasteiger partial charge in [-0.25, -0.2) is 9.97 Å². The first-order valence-corrected chi connectivity index (χ1v) is 9.19. The van der Waals surface area contributed by atoms with Crippen molar-refractivity contribution in [3.8, 4) is 0 Å². The lowest BCUT2D eigenvalue weighted by molar-refractivity contribution is 0.101. The number of rotatable bonds is 7. The summed E-state index contributed by atoms with van der Waals surface area (Å²) in [6.45, 7) is 7.69. The van der Waals surface area contributed by atoms with E-state index < -0.39 is 0 Å². The molecule has 5 heteroatoms. The summed E-state index contributed by atoms with van der Waals surface area (Å²) >= 11 is 0. The van der Waals surface area contributed by atoms with E-state index in [1.54, 1.807) is 13.1 Å². The van der Waals surface area contributed by atoms with E-state index in [0.29, 0.717) is 0 Å². The Bertz CT molecular complexity index is 759. The first-order chi connectivity index (χ1) is 12.2. The second kappa shape index (κ2) is 7.64. The highest BCUT2D eigenvalue weighted by Gasteiger charge is 2.32. The first-order valence-electron chi connectivity index (χ1n) is 9.19. The van der Waals surface area contributed by atoms with Gasteiger partial charge in [0.1, 0.15) is 0 Å². The molecule has 2 aromatic rings. The molecule has 1 aliphatic rings. The Balaban J connectivity index is 2.19. The zero-order chi connectivity index (χ0) is 17.8. The highest BCUT2D eigenvalue weighted by molar-refractivity contribution is 6.05. The number of carbonyl (C=O) groups is 1. The molecule has 5 nitrogen and oxygen atoms in total. The third kappa shape index (κ3) is 3.23. The predicted molar refractivity (Wildman–Crippen MR) is 102 cm³/mol. The molecule has 0 bridgehead atoms. The van der Waals surface area contributed by atoms with Gasteiger partial charge >= 0.3 is 0 Å². The van der Waals surface area contributed by atoms with Crippen LogP contribution in [0, 0.1) is 0 Å². The number of unbranched alkanes of at least 4 members (excludes halogenated alkanes) is 2. The van der Waals surface area contributed by atoms with Gasteiger partial charge in [0, 0.05) is 31.0 Å². The zero-order valence-electron chi connectivity index (χ0n) is 15.3. The maximum atomic E-state index is 12.3. The van der Waals surface area contributed by atoms with Gasteiger partial charge in [-0.05, 0) is 38.0 Å². The maximum absolute atomic E-state index is 12.3. The zero-order valence-corrected chi connectivity index (χ0v) is 15.3. The standard InChI is InChI=1S/C20H26N4O/c1-4-6-13-23-17-9-8-11-21-19(17)24(14-7-5-2)20-18(23)16(15(3)25)10-12-22-20/h8-12H,4-7,13-14H2,1-3H3. The first kappa shape index (κ1) is 17.4. The SMILES string of the molecule is CCCCN1c2ncccc2N(CCCC)c2c(C(C)=O)ccnc21. The van der Waals surface area contributed by atoms with E-state index in [-0.39, 0.29) is 5.78 Å². The maximum Gasteiger partial charge on any atom is 0.162 e. The molecular weight excluding hydrogens is 312 g/mol.